The van der Waals surface area contributed by atoms with E-state index in [0.717, 1.165) is 11.4 Å². The number of nitrogens with zero attached hydrogens (tertiary/aromatic N) is 1. The summed E-state index contributed by atoms with van der Waals surface area (Å²) >= 11 is 0. The first kappa shape index (κ1) is 18.9. The largest absolute Gasteiger partial charge is 0.504 e. The van der Waals surface area contributed by atoms with E-state index in [1.165, 1.54) is 7.11 Å². The highest BCUT2D eigenvalue weighted by Crippen LogP contribution is 2.29. The molecule has 0 aromatic heterocycles. The minimum atomic E-state index is 0. The summed E-state index contributed by atoms with van der Waals surface area (Å²) in [7, 11) is 3.11. The molecule has 0 unspecified atom stereocenters. The van der Waals surface area contributed by atoms with E-state index in [2.05, 4.69) is 10.3 Å². The highest BCUT2D eigenvalue weighted by molar-refractivity contribution is 14.0. The molecule has 0 aliphatic heterocycles. The smallest absolute Gasteiger partial charge is 0.193 e. The molecule has 0 aliphatic carbocycles. The molecule has 124 valence electrons. The average molecular weight is 429 g/mol. The number of nitrogens with one attached hydrogen (secondary N) is 1. The summed E-state index contributed by atoms with van der Waals surface area (Å²) in [6.07, 6.45) is 0. The molecular weight excluding hydrogens is 409 g/mol. The molecule has 0 aliphatic rings. The molecule has 6 nitrogen and oxygen atoms in total. The number of phenolic OH excluding ortho intramolecular Hbond substituents is 1. The molecule has 4 N–H and O–H groups in total. The number of rotatable bonds is 5. The Balaban J connectivity index is 0.00000264. The normalized spacial score (nSPS) is 10.6. The molecule has 0 spiro atoms. The molecule has 0 heterocycles. The van der Waals surface area contributed by atoms with Crippen LogP contribution in [0.3, 0.4) is 0 Å². The first-order chi connectivity index (χ1) is 10.6. The van der Waals surface area contributed by atoms with Crippen LogP contribution in [0.4, 0.5) is 5.69 Å². The molecule has 0 atom stereocenters. The lowest BCUT2D eigenvalue weighted by molar-refractivity contribution is 0.370. The Morgan fingerprint density at radius 3 is 2.43 bits per heavy atom. The van der Waals surface area contributed by atoms with Gasteiger partial charge < -0.3 is 25.6 Å². The maximum Gasteiger partial charge on any atom is 0.193 e. The van der Waals surface area contributed by atoms with Gasteiger partial charge in [0.25, 0.3) is 0 Å². The highest BCUT2D eigenvalue weighted by atomic mass is 127. The maximum absolute atomic E-state index is 9.98. The molecule has 0 radical (unpaired) electrons. The van der Waals surface area contributed by atoms with Crippen molar-refractivity contribution in [2.24, 2.45) is 10.7 Å². The number of hydrogen-bond acceptors (Lipinski definition) is 4. The van der Waals surface area contributed by atoms with Crippen molar-refractivity contribution in [1.29, 1.82) is 0 Å². The standard InChI is InChI=1S/C16H19N3O3.HI/c1-21-13-8-6-12(7-9-13)19-16(17)18-10-11-4-3-5-14(22-2)15(11)20;/h3-9,20H,10H2,1-2H3,(H3,17,18,19);1H. The predicted octanol–water partition coefficient (Wildman–Crippen LogP) is 2.95. The average Bonchev–Trinajstić information content (AvgIpc) is 2.54. The van der Waals surface area contributed by atoms with E-state index in [9.17, 15) is 5.11 Å². The van der Waals surface area contributed by atoms with E-state index in [1.807, 2.05) is 24.3 Å². The lowest BCUT2D eigenvalue weighted by Gasteiger charge is -2.08. The lowest BCUT2D eigenvalue weighted by Crippen LogP contribution is -2.22. The number of para-hydroxylation sites is 1. The lowest BCUT2D eigenvalue weighted by atomic mass is 10.2. The van der Waals surface area contributed by atoms with Crippen molar-refractivity contribution in [2.75, 3.05) is 19.5 Å². The fourth-order valence-corrected chi connectivity index (χ4v) is 1.89. The molecule has 2 rings (SSSR count). The van der Waals surface area contributed by atoms with Gasteiger partial charge in [0.2, 0.25) is 0 Å². The van der Waals surface area contributed by atoms with Crippen LogP contribution in [-0.2, 0) is 6.54 Å². The van der Waals surface area contributed by atoms with Crippen molar-refractivity contribution < 1.29 is 14.6 Å². The van der Waals surface area contributed by atoms with Crippen LogP contribution in [0, 0.1) is 0 Å². The van der Waals surface area contributed by atoms with Crippen molar-refractivity contribution in [2.45, 2.75) is 6.54 Å². The number of methoxy groups -OCH3 is 2. The first-order valence-electron chi connectivity index (χ1n) is 6.70. The molecule has 0 amide bonds. The molecule has 23 heavy (non-hydrogen) atoms. The van der Waals surface area contributed by atoms with Crippen LogP contribution >= 0.6 is 24.0 Å². The Morgan fingerprint density at radius 2 is 1.83 bits per heavy atom. The van der Waals surface area contributed by atoms with Crippen LogP contribution in [0.25, 0.3) is 0 Å². The fraction of sp³-hybridized carbons (Fsp3) is 0.188. The van der Waals surface area contributed by atoms with E-state index in [0.29, 0.717) is 11.3 Å². The van der Waals surface area contributed by atoms with Gasteiger partial charge in [-0.3, -0.25) is 0 Å². The number of nitrogens with two attached hydrogens (primary N) is 1. The van der Waals surface area contributed by atoms with Gasteiger partial charge in [0.15, 0.2) is 17.5 Å². The zero-order valence-corrected chi connectivity index (χ0v) is 15.3. The number of aliphatic imine (C=N–C) groups is 1. The molecule has 2 aromatic rings. The van der Waals surface area contributed by atoms with Gasteiger partial charge in [-0.1, -0.05) is 12.1 Å². The molecule has 0 fully saturated rings. The van der Waals surface area contributed by atoms with Gasteiger partial charge in [0.05, 0.1) is 20.8 Å². The van der Waals surface area contributed by atoms with Crippen LogP contribution in [0.15, 0.2) is 47.5 Å². The van der Waals surface area contributed by atoms with E-state index >= 15 is 0 Å². The van der Waals surface area contributed by atoms with Crippen molar-refractivity contribution >= 4 is 35.6 Å². The van der Waals surface area contributed by atoms with Crippen LogP contribution in [0.5, 0.6) is 17.2 Å². The Kier molecular flexibility index (Phi) is 7.46. The van der Waals surface area contributed by atoms with Crippen molar-refractivity contribution in [3.63, 3.8) is 0 Å². The van der Waals surface area contributed by atoms with Gasteiger partial charge >= 0.3 is 0 Å². The monoisotopic (exact) mass is 429 g/mol. The van der Waals surface area contributed by atoms with Crippen molar-refractivity contribution in [1.82, 2.24) is 0 Å². The first-order valence-corrected chi connectivity index (χ1v) is 6.70. The van der Waals surface area contributed by atoms with Crippen molar-refractivity contribution in [3.05, 3.63) is 48.0 Å². The number of guanidine groups is 1. The third-order valence-electron chi connectivity index (χ3n) is 3.08. The van der Waals surface area contributed by atoms with E-state index in [1.54, 1.807) is 25.3 Å². The summed E-state index contributed by atoms with van der Waals surface area (Å²) in [6, 6.07) is 12.6. The predicted molar refractivity (Wildman–Crippen MR) is 102 cm³/mol. The zero-order valence-electron chi connectivity index (χ0n) is 12.9. The minimum Gasteiger partial charge on any atom is -0.504 e. The van der Waals surface area contributed by atoms with E-state index in [4.69, 9.17) is 15.2 Å². The summed E-state index contributed by atoms with van der Waals surface area (Å²) in [5.74, 6) is 1.51. The van der Waals surface area contributed by atoms with E-state index < -0.39 is 0 Å². The number of ether oxygens (including phenoxy) is 2. The second kappa shape index (κ2) is 9.09. The molecule has 0 saturated heterocycles. The second-order valence-corrected chi connectivity index (χ2v) is 4.52. The summed E-state index contributed by atoms with van der Waals surface area (Å²) in [4.78, 5) is 4.21. The Labute approximate surface area is 152 Å². The summed E-state index contributed by atoms with van der Waals surface area (Å²) in [5, 5.41) is 13.0. The number of aromatic hydroxyl groups is 1. The van der Waals surface area contributed by atoms with Crippen molar-refractivity contribution in [3.8, 4) is 17.2 Å². The third kappa shape index (κ3) is 5.20. The molecule has 0 saturated carbocycles. The molecule has 7 heteroatoms. The maximum atomic E-state index is 9.98. The van der Waals surface area contributed by atoms with Crippen LogP contribution in [0.1, 0.15) is 5.56 Å². The Bertz CT molecular complexity index is 660. The van der Waals surface area contributed by atoms with Crippen LogP contribution < -0.4 is 20.5 Å². The van der Waals surface area contributed by atoms with Gasteiger partial charge in [-0.2, -0.15) is 0 Å². The topological polar surface area (TPSA) is 89.1 Å². The SMILES string of the molecule is COc1ccc(NC(N)=NCc2cccc(OC)c2O)cc1.I. The van der Waals surface area contributed by atoms with Gasteiger partial charge in [-0.25, -0.2) is 4.99 Å². The van der Waals surface area contributed by atoms with Gasteiger partial charge in [-0.05, 0) is 30.3 Å². The number of hydrogen-bond donors (Lipinski definition) is 3. The van der Waals surface area contributed by atoms with E-state index in [-0.39, 0.29) is 42.2 Å². The van der Waals surface area contributed by atoms with Crippen LogP contribution in [0.2, 0.25) is 0 Å². The highest BCUT2D eigenvalue weighted by Gasteiger charge is 2.06. The summed E-state index contributed by atoms with van der Waals surface area (Å²) in [6.45, 7) is 0.248. The molecular formula is C16H20IN3O3. The Hall–Kier alpha value is -2.16. The quantitative estimate of drug-likeness (QED) is 0.387. The molecule has 2 aromatic carbocycles. The number of benzene rings is 2. The molecule has 0 bridgehead atoms. The third-order valence-corrected chi connectivity index (χ3v) is 3.08. The van der Waals surface area contributed by atoms with Gasteiger partial charge in [0, 0.05) is 11.3 Å². The fourth-order valence-electron chi connectivity index (χ4n) is 1.89. The summed E-state index contributed by atoms with van der Waals surface area (Å²) < 4.78 is 10.1. The summed E-state index contributed by atoms with van der Waals surface area (Å²) in [5.41, 5.74) is 7.28. The van der Waals surface area contributed by atoms with Gasteiger partial charge in [-0.15, -0.1) is 24.0 Å². The number of phenols is 1. The Morgan fingerprint density at radius 1 is 1.13 bits per heavy atom. The van der Waals surface area contributed by atoms with Crippen LogP contribution in [-0.4, -0.2) is 25.3 Å². The number of halogens is 1. The minimum absolute atomic E-state index is 0. The van der Waals surface area contributed by atoms with Gasteiger partial charge in [0.1, 0.15) is 5.75 Å². The number of anilines is 1. The second-order valence-electron chi connectivity index (χ2n) is 4.52. The zero-order chi connectivity index (χ0) is 15.9.